The van der Waals surface area contributed by atoms with Crippen LogP contribution in [0.1, 0.15) is 38.5 Å². The molecule has 58 valence electrons. The summed E-state index contributed by atoms with van der Waals surface area (Å²) in [6.07, 6.45) is 13.4. The highest BCUT2D eigenvalue weighted by atomic mass is 14.6. The molecule has 1 spiro atoms. The molecule has 0 aromatic heterocycles. The second kappa shape index (κ2) is 1.80. The Bertz CT molecular complexity index is 257. The first-order valence-electron chi connectivity index (χ1n) is 4.81. The molecule has 3 rings (SSSR count). The zero-order chi connectivity index (χ0) is 7.31. The van der Waals surface area contributed by atoms with Crippen molar-refractivity contribution >= 4 is 0 Å². The van der Waals surface area contributed by atoms with Crippen LogP contribution >= 0.6 is 0 Å². The maximum atomic E-state index is 2.48. The van der Waals surface area contributed by atoms with Crippen molar-refractivity contribution in [2.75, 3.05) is 0 Å². The summed E-state index contributed by atoms with van der Waals surface area (Å²) in [5.74, 6) is 0. The molecule has 0 heterocycles. The lowest BCUT2D eigenvalue weighted by atomic mass is 9.78. The van der Waals surface area contributed by atoms with E-state index in [1.54, 1.807) is 11.1 Å². The minimum atomic E-state index is 0.663. The summed E-state index contributed by atoms with van der Waals surface area (Å²) in [6.45, 7) is 0. The first kappa shape index (κ1) is 6.05. The molecule has 0 bridgehead atoms. The van der Waals surface area contributed by atoms with Crippen LogP contribution in [0.15, 0.2) is 23.3 Å². The van der Waals surface area contributed by atoms with Crippen LogP contribution in [0.3, 0.4) is 0 Å². The van der Waals surface area contributed by atoms with Crippen LogP contribution in [0.5, 0.6) is 0 Å². The zero-order valence-electron chi connectivity index (χ0n) is 6.90. The fraction of sp³-hybridized carbons (Fsp3) is 0.636. The molecule has 0 nitrogen and oxygen atoms in total. The van der Waals surface area contributed by atoms with Crippen LogP contribution < -0.4 is 0 Å². The van der Waals surface area contributed by atoms with Crippen molar-refractivity contribution < 1.29 is 0 Å². The minimum Gasteiger partial charge on any atom is -0.0806 e. The van der Waals surface area contributed by atoms with Gasteiger partial charge in [0.25, 0.3) is 0 Å². The standard InChI is InChI=1S/C11H14/c1-2-7-11-8-10(11)6-3-5-9(11)4-1/h5-6H,1-4,7-8H2. The van der Waals surface area contributed by atoms with Gasteiger partial charge in [-0.1, -0.05) is 29.7 Å². The quantitative estimate of drug-likeness (QED) is 0.460. The van der Waals surface area contributed by atoms with Crippen molar-refractivity contribution in [2.24, 2.45) is 5.41 Å². The van der Waals surface area contributed by atoms with Crippen molar-refractivity contribution in [3.63, 3.8) is 0 Å². The molecular weight excluding hydrogens is 132 g/mol. The van der Waals surface area contributed by atoms with E-state index in [1.807, 2.05) is 0 Å². The molecule has 0 saturated heterocycles. The van der Waals surface area contributed by atoms with Crippen LogP contribution in [0, 0.1) is 5.41 Å². The second-order valence-electron chi connectivity index (χ2n) is 4.16. The SMILES string of the molecule is C1=C2CCCCC23CC3=CC1. The van der Waals surface area contributed by atoms with Gasteiger partial charge in [-0.2, -0.15) is 0 Å². The van der Waals surface area contributed by atoms with Crippen molar-refractivity contribution in [1.29, 1.82) is 0 Å². The van der Waals surface area contributed by atoms with E-state index in [9.17, 15) is 0 Å². The highest BCUT2D eigenvalue weighted by Gasteiger charge is 2.52. The van der Waals surface area contributed by atoms with Gasteiger partial charge in [-0.25, -0.2) is 0 Å². The van der Waals surface area contributed by atoms with Crippen LogP contribution in [-0.4, -0.2) is 0 Å². The third kappa shape index (κ3) is 0.654. The Morgan fingerprint density at radius 1 is 1.09 bits per heavy atom. The van der Waals surface area contributed by atoms with Gasteiger partial charge in [0.1, 0.15) is 0 Å². The van der Waals surface area contributed by atoms with Crippen LogP contribution in [-0.2, 0) is 0 Å². The molecule has 0 amide bonds. The molecule has 0 aromatic rings. The van der Waals surface area contributed by atoms with E-state index < -0.39 is 0 Å². The summed E-state index contributed by atoms with van der Waals surface area (Å²) in [4.78, 5) is 0. The van der Waals surface area contributed by atoms with Gasteiger partial charge < -0.3 is 0 Å². The van der Waals surface area contributed by atoms with Gasteiger partial charge in [0.05, 0.1) is 0 Å². The first-order valence-corrected chi connectivity index (χ1v) is 4.81. The Morgan fingerprint density at radius 3 is 2.91 bits per heavy atom. The molecule has 0 N–H and O–H groups in total. The van der Waals surface area contributed by atoms with Gasteiger partial charge in [-0.3, -0.25) is 0 Å². The first-order chi connectivity index (χ1) is 5.42. The maximum Gasteiger partial charge on any atom is 0.0158 e. The van der Waals surface area contributed by atoms with Gasteiger partial charge >= 0.3 is 0 Å². The summed E-state index contributed by atoms with van der Waals surface area (Å²) in [7, 11) is 0. The van der Waals surface area contributed by atoms with Crippen LogP contribution in [0.4, 0.5) is 0 Å². The fourth-order valence-electron chi connectivity index (χ4n) is 2.90. The monoisotopic (exact) mass is 146 g/mol. The fourth-order valence-corrected chi connectivity index (χ4v) is 2.90. The van der Waals surface area contributed by atoms with Gasteiger partial charge in [0.15, 0.2) is 0 Å². The van der Waals surface area contributed by atoms with Gasteiger partial charge in [-0.05, 0) is 32.1 Å². The van der Waals surface area contributed by atoms with Crippen LogP contribution in [0.2, 0.25) is 0 Å². The molecule has 1 atom stereocenters. The van der Waals surface area contributed by atoms with Crippen molar-refractivity contribution in [3.05, 3.63) is 23.3 Å². The Labute approximate surface area is 68.0 Å². The summed E-state index contributed by atoms with van der Waals surface area (Å²) in [6, 6.07) is 0. The predicted molar refractivity (Wildman–Crippen MR) is 46.3 cm³/mol. The predicted octanol–water partition coefficient (Wildman–Crippen LogP) is 3.21. The van der Waals surface area contributed by atoms with E-state index in [0.717, 1.165) is 0 Å². The summed E-state index contributed by atoms with van der Waals surface area (Å²) in [5, 5.41) is 0. The molecule has 0 aromatic carbocycles. The number of hydrogen-bond acceptors (Lipinski definition) is 0. The van der Waals surface area contributed by atoms with E-state index in [-0.39, 0.29) is 0 Å². The third-order valence-electron chi connectivity index (χ3n) is 3.62. The van der Waals surface area contributed by atoms with Gasteiger partial charge in [0.2, 0.25) is 0 Å². The normalized spacial score (nSPS) is 40.0. The summed E-state index contributed by atoms with van der Waals surface area (Å²) in [5.41, 5.74) is 4.23. The lowest BCUT2D eigenvalue weighted by molar-refractivity contribution is 0.449. The zero-order valence-corrected chi connectivity index (χ0v) is 6.90. The largest absolute Gasteiger partial charge is 0.0806 e. The molecule has 2 fully saturated rings. The minimum absolute atomic E-state index is 0.663. The summed E-state index contributed by atoms with van der Waals surface area (Å²) >= 11 is 0. The molecule has 0 heteroatoms. The topological polar surface area (TPSA) is 0 Å². The molecule has 3 aliphatic carbocycles. The number of hydrogen-bond donors (Lipinski definition) is 0. The van der Waals surface area contributed by atoms with Crippen molar-refractivity contribution in [2.45, 2.75) is 38.5 Å². The number of allylic oxidation sites excluding steroid dienone is 4. The molecule has 1 unspecified atom stereocenters. The highest BCUT2D eigenvalue weighted by molar-refractivity contribution is 5.48. The van der Waals surface area contributed by atoms with Crippen molar-refractivity contribution in [1.82, 2.24) is 0 Å². The molecule has 0 radical (unpaired) electrons. The van der Waals surface area contributed by atoms with Crippen LogP contribution in [0.25, 0.3) is 0 Å². The Kier molecular flexibility index (Phi) is 0.988. The lowest BCUT2D eigenvalue weighted by Gasteiger charge is -2.26. The Balaban J connectivity index is 2.02. The van der Waals surface area contributed by atoms with Gasteiger partial charge in [0, 0.05) is 5.41 Å². The number of rotatable bonds is 0. The summed E-state index contributed by atoms with van der Waals surface area (Å²) < 4.78 is 0. The maximum absolute atomic E-state index is 2.48. The average Bonchev–Trinajstić information content (AvgIpc) is 2.75. The molecule has 2 saturated carbocycles. The average molecular weight is 146 g/mol. The lowest BCUT2D eigenvalue weighted by Crippen LogP contribution is -2.12. The van der Waals surface area contributed by atoms with Crippen molar-refractivity contribution in [3.8, 4) is 0 Å². The molecule has 0 aliphatic heterocycles. The van der Waals surface area contributed by atoms with E-state index in [0.29, 0.717) is 5.41 Å². The Hall–Kier alpha value is -0.520. The van der Waals surface area contributed by atoms with Gasteiger partial charge in [-0.15, -0.1) is 0 Å². The molecule has 3 aliphatic rings. The highest BCUT2D eigenvalue weighted by Crippen LogP contribution is 2.65. The molecule has 11 heavy (non-hydrogen) atoms. The Morgan fingerprint density at radius 2 is 2.00 bits per heavy atom. The van der Waals surface area contributed by atoms with E-state index in [4.69, 9.17) is 0 Å². The third-order valence-corrected chi connectivity index (χ3v) is 3.62. The second-order valence-corrected chi connectivity index (χ2v) is 4.16. The van der Waals surface area contributed by atoms with E-state index >= 15 is 0 Å². The van der Waals surface area contributed by atoms with E-state index in [2.05, 4.69) is 12.2 Å². The molecular formula is C11H14. The smallest absolute Gasteiger partial charge is 0.0158 e. The van der Waals surface area contributed by atoms with E-state index in [1.165, 1.54) is 38.5 Å².